The number of benzene rings is 1. The standard InChI is InChI=1S/C13H13ClN4/c1-9-13(14)12(18(2)17-9)8-16-11-5-3-10(7-15)4-6-11/h3-6,16H,8H2,1-2H3. The molecule has 0 aliphatic rings. The normalized spacial score (nSPS) is 10.1. The third-order valence-electron chi connectivity index (χ3n) is 2.74. The van der Waals surface area contributed by atoms with Crippen molar-refractivity contribution in [3.05, 3.63) is 46.2 Å². The summed E-state index contributed by atoms with van der Waals surface area (Å²) in [6.45, 7) is 2.48. The second-order valence-corrected chi connectivity index (χ2v) is 4.39. The van der Waals surface area contributed by atoms with Crippen molar-refractivity contribution in [2.75, 3.05) is 5.32 Å². The van der Waals surface area contributed by atoms with Crippen LogP contribution in [0.25, 0.3) is 0 Å². The molecule has 0 radical (unpaired) electrons. The molecule has 18 heavy (non-hydrogen) atoms. The predicted molar refractivity (Wildman–Crippen MR) is 71.4 cm³/mol. The highest BCUT2D eigenvalue weighted by molar-refractivity contribution is 6.31. The quantitative estimate of drug-likeness (QED) is 0.923. The topological polar surface area (TPSA) is 53.6 Å². The minimum absolute atomic E-state index is 0.599. The fourth-order valence-electron chi connectivity index (χ4n) is 1.72. The molecule has 0 bridgehead atoms. The van der Waals surface area contributed by atoms with Gasteiger partial charge in [-0.1, -0.05) is 11.6 Å². The number of nitrogens with zero attached hydrogens (tertiary/aromatic N) is 3. The van der Waals surface area contributed by atoms with Crippen molar-refractivity contribution in [2.24, 2.45) is 7.05 Å². The van der Waals surface area contributed by atoms with Gasteiger partial charge in [0.25, 0.3) is 0 Å². The smallest absolute Gasteiger partial charge is 0.0991 e. The van der Waals surface area contributed by atoms with Crippen molar-refractivity contribution in [1.29, 1.82) is 5.26 Å². The zero-order chi connectivity index (χ0) is 13.1. The summed E-state index contributed by atoms with van der Waals surface area (Å²) in [5.74, 6) is 0. The summed E-state index contributed by atoms with van der Waals surface area (Å²) in [6.07, 6.45) is 0. The van der Waals surface area contributed by atoms with E-state index in [9.17, 15) is 0 Å². The predicted octanol–water partition coefficient (Wildman–Crippen LogP) is 2.87. The molecule has 0 saturated heterocycles. The number of aromatic nitrogens is 2. The molecule has 1 aromatic heterocycles. The first-order valence-electron chi connectivity index (χ1n) is 5.54. The Morgan fingerprint density at radius 2 is 2.06 bits per heavy atom. The lowest BCUT2D eigenvalue weighted by molar-refractivity contribution is 0.713. The molecule has 1 N–H and O–H groups in total. The monoisotopic (exact) mass is 260 g/mol. The van der Waals surface area contributed by atoms with Crippen molar-refractivity contribution in [3.8, 4) is 6.07 Å². The van der Waals surface area contributed by atoms with E-state index in [1.807, 2.05) is 26.1 Å². The second-order valence-electron chi connectivity index (χ2n) is 4.01. The Bertz CT molecular complexity index is 593. The second kappa shape index (κ2) is 5.11. The van der Waals surface area contributed by atoms with E-state index in [1.54, 1.807) is 16.8 Å². The summed E-state index contributed by atoms with van der Waals surface area (Å²) < 4.78 is 1.77. The van der Waals surface area contributed by atoms with Crippen LogP contribution in [-0.4, -0.2) is 9.78 Å². The van der Waals surface area contributed by atoms with Crippen molar-refractivity contribution < 1.29 is 0 Å². The molecule has 0 amide bonds. The summed E-state index contributed by atoms with van der Waals surface area (Å²) in [5, 5.41) is 16.9. The van der Waals surface area contributed by atoms with Gasteiger partial charge in [0.15, 0.2) is 0 Å². The van der Waals surface area contributed by atoms with E-state index in [0.717, 1.165) is 17.1 Å². The van der Waals surface area contributed by atoms with Crippen LogP contribution in [-0.2, 0) is 13.6 Å². The molecule has 92 valence electrons. The molecule has 1 aromatic carbocycles. The first kappa shape index (κ1) is 12.5. The Labute approximate surface area is 111 Å². The number of anilines is 1. The molecule has 0 fully saturated rings. The number of hydrogen-bond donors (Lipinski definition) is 1. The Balaban J connectivity index is 2.09. The fraction of sp³-hybridized carbons (Fsp3) is 0.231. The van der Waals surface area contributed by atoms with Crippen molar-refractivity contribution in [3.63, 3.8) is 0 Å². The molecule has 1 heterocycles. The van der Waals surface area contributed by atoms with Gasteiger partial charge in [0.2, 0.25) is 0 Å². The van der Waals surface area contributed by atoms with Crippen LogP contribution in [0.3, 0.4) is 0 Å². The Morgan fingerprint density at radius 3 is 2.56 bits per heavy atom. The highest BCUT2D eigenvalue weighted by Crippen LogP contribution is 2.20. The molecule has 0 aliphatic carbocycles. The van der Waals surface area contributed by atoms with E-state index in [1.165, 1.54) is 0 Å². The van der Waals surface area contributed by atoms with E-state index in [-0.39, 0.29) is 0 Å². The van der Waals surface area contributed by atoms with E-state index >= 15 is 0 Å². The van der Waals surface area contributed by atoms with Gasteiger partial charge in [0, 0.05) is 12.7 Å². The first-order valence-corrected chi connectivity index (χ1v) is 5.91. The van der Waals surface area contributed by atoms with E-state index in [0.29, 0.717) is 17.1 Å². The number of nitriles is 1. The van der Waals surface area contributed by atoms with Gasteiger partial charge in [-0.2, -0.15) is 10.4 Å². The molecular weight excluding hydrogens is 248 g/mol. The zero-order valence-electron chi connectivity index (χ0n) is 10.2. The molecule has 0 unspecified atom stereocenters. The van der Waals surface area contributed by atoms with Gasteiger partial charge in [-0.25, -0.2) is 0 Å². The number of halogens is 1. The molecule has 0 aliphatic heterocycles. The SMILES string of the molecule is Cc1nn(C)c(CNc2ccc(C#N)cc2)c1Cl. The minimum Gasteiger partial charge on any atom is -0.379 e. The Kier molecular flexibility index (Phi) is 3.54. The van der Waals surface area contributed by atoms with Gasteiger partial charge in [-0.05, 0) is 31.2 Å². The number of hydrogen-bond acceptors (Lipinski definition) is 3. The van der Waals surface area contributed by atoms with Crippen LogP contribution >= 0.6 is 11.6 Å². The summed E-state index contributed by atoms with van der Waals surface area (Å²) in [4.78, 5) is 0. The minimum atomic E-state index is 0.599. The first-order chi connectivity index (χ1) is 8.61. The maximum absolute atomic E-state index is 8.71. The Hall–Kier alpha value is -1.99. The lowest BCUT2D eigenvalue weighted by atomic mass is 10.2. The summed E-state index contributed by atoms with van der Waals surface area (Å²) >= 11 is 6.16. The zero-order valence-corrected chi connectivity index (χ0v) is 11.0. The van der Waals surface area contributed by atoms with Crippen LogP contribution in [0.5, 0.6) is 0 Å². The average Bonchev–Trinajstić information content (AvgIpc) is 2.62. The maximum atomic E-state index is 8.71. The fourth-order valence-corrected chi connectivity index (χ4v) is 1.95. The van der Waals surface area contributed by atoms with Gasteiger partial charge >= 0.3 is 0 Å². The van der Waals surface area contributed by atoms with Crippen molar-refractivity contribution in [2.45, 2.75) is 13.5 Å². The largest absolute Gasteiger partial charge is 0.379 e. The maximum Gasteiger partial charge on any atom is 0.0991 e. The molecule has 4 nitrogen and oxygen atoms in total. The number of nitrogens with one attached hydrogen (secondary N) is 1. The molecule has 5 heteroatoms. The molecule has 2 aromatic rings. The van der Waals surface area contributed by atoms with Gasteiger partial charge in [-0.15, -0.1) is 0 Å². The van der Waals surface area contributed by atoms with Crippen LogP contribution in [0.15, 0.2) is 24.3 Å². The van der Waals surface area contributed by atoms with E-state index in [2.05, 4.69) is 16.5 Å². The highest BCUT2D eigenvalue weighted by atomic mass is 35.5. The van der Waals surface area contributed by atoms with Gasteiger partial charge in [0.1, 0.15) is 0 Å². The molecule has 0 atom stereocenters. The number of aryl methyl sites for hydroxylation is 2. The molecular formula is C13H13ClN4. The lowest BCUT2D eigenvalue weighted by Crippen LogP contribution is -2.05. The van der Waals surface area contributed by atoms with Crippen LogP contribution in [0.2, 0.25) is 5.02 Å². The van der Waals surface area contributed by atoms with Crippen molar-refractivity contribution in [1.82, 2.24) is 9.78 Å². The van der Waals surface area contributed by atoms with Gasteiger partial charge < -0.3 is 5.32 Å². The lowest BCUT2D eigenvalue weighted by Gasteiger charge is -2.07. The number of rotatable bonds is 3. The average molecular weight is 261 g/mol. The van der Waals surface area contributed by atoms with Crippen LogP contribution in [0, 0.1) is 18.3 Å². The molecule has 0 spiro atoms. The van der Waals surface area contributed by atoms with Crippen LogP contribution in [0.1, 0.15) is 17.0 Å². The van der Waals surface area contributed by atoms with E-state index < -0.39 is 0 Å². The third-order valence-corrected chi connectivity index (χ3v) is 3.23. The molecule has 2 rings (SSSR count). The van der Waals surface area contributed by atoms with Crippen LogP contribution in [0.4, 0.5) is 5.69 Å². The van der Waals surface area contributed by atoms with Crippen LogP contribution < -0.4 is 5.32 Å². The summed E-state index contributed by atoms with van der Waals surface area (Å²) in [7, 11) is 1.87. The summed E-state index contributed by atoms with van der Waals surface area (Å²) in [6, 6.07) is 9.38. The third kappa shape index (κ3) is 2.47. The van der Waals surface area contributed by atoms with Gasteiger partial charge in [-0.3, -0.25) is 4.68 Å². The van der Waals surface area contributed by atoms with E-state index in [4.69, 9.17) is 16.9 Å². The Morgan fingerprint density at radius 1 is 1.39 bits per heavy atom. The van der Waals surface area contributed by atoms with Crippen molar-refractivity contribution >= 4 is 17.3 Å². The highest BCUT2D eigenvalue weighted by Gasteiger charge is 2.10. The molecule has 0 saturated carbocycles. The summed E-state index contributed by atoms with van der Waals surface area (Å²) in [5.41, 5.74) is 3.37. The van der Waals surface area contributed by atoms with Gasteiger partial charge in [0.05, 0.1) is 34.6 Å².